The minimum atomic E-state index is -0.543. The number of thiophene rings is 1. The Morgan fingerprint density at radius 3 is 2.79 bits per heavy atom. The number of hydrogen-bond donors (Lipinski definition) is 2. The third kappa shape index (κ3) is 3.39. The second kappa shape index (κ2) is 6.83. The van der Waals surface area contributed by atoms with Gasteiger partial charge < -0.3 is 15.3 Å². The van der Waals surface area contributed by atoms with Crippen LogP contribution in [-0.2, 0) is 4.79 Å². The third-order valence-corrected chi connectivity index (χ3v) is 5.23. The topological polar surface area (TPSA) is 69.6 Å². The zero-order chi connectivity index (χ0) is 17.3. The quantitative estimate of drug-likeness (QED) is 0.816. The van der Waals surface area contributed by atoms with Gasteiger partial charge in [-0.25, -0.2) is 0 Å². The van der Waals surface area contributed by atoms with Gasteiger partial charge in [0.1, 0.15) is 11.8 Å². The molecule has 0 unspecified atom stereocenters. The van der Waals surface area contributed by atoms with Crippen LogP contribution in [0.5, 0.6) is 5.75 Å². The molecule has 126 valence electrons. The number of likely N-dealkylation sites (tertiary alicyclic amines) is 1. The molecule has 2 aromatic rings. The first-order valence-electron chi connectivity index (χ1n) is 7.62. The van der Waals surface area contributed by atoms with Gasteiger partial charge in [0.25, 0.3) is 5.91 Å². The number of anilines is 1. The van der Waals surface area contributed by atoms with E-state index in [1.165, 1.54) is 11.3 Å². The normalized spacial score (nSPS) is 17.1. The number of phenols is 1. The Hall–Kier alpha value is -2.05. The molecule has 2 heterocycles. The molecule has 0 saturated carbocycles. The molecule has 0 radical (unpaired) electrons. The predicted octanol–water partition coefficient (Wildman–Crippen LogP) is 3.66. The maximum absolute atomic E-state index is 12.6. The van der Waals surface area contributed by atoms with Crippen LogP contribution >= 0.6 is 22.9 Å². The average Bonchev–Trinajstić information content (AvgIpc) is 3.18. The first kappa shape index (κ1) is 16.8. The largest absolute Gasteiger partial charge is 0.506 e. The van der Waals surface area contributed by atoms with Crippen molar-refractivity contribution in [3.8, 4) is 5.75 Å². The maximum Gasteiger partial charge on any atom is 0.264 e. The van der Waals surface area contributed by atoms with Gasteiger partial charge in [-0.3, -0.25) is 9.59 Å². The molecule has 3 rings (SSSR count). The number of carbonyl (C=O) groups is 2. The number of nitrogens with one attached hydrogen (secondary N) is 1. The maximum atomic E-state index is 12.6. The molecule has 1 aromatic heterocycles. The Morgan fingerprint density at radius 1 is 1.33 bits per heavy atom. The van der Waals surface area contributed by atoms with Crippen molar-refractivity contribution in [3.05, 3.63) is 45.1 Å². The monoisotopic (exact) mass is 364 g/mol. The molecule has 0 aliphatic carbocycles. The molecule has 5 nitrogen and oxygen atoms in total. The molecular weight excluding hydrogens is 348 g/mol. The smallest absolute Gasteiger partial charge is 0.264 e. The second-order valence-corrected chi connectivity index (χ2v) is 7.49. The highest BCUT2D eigenvalue weighted by molar-refractivity contribution is 7.18. The predicted molar refractivity (Wildman–Crippen MR) is 94.9 cm³/mol. The lowest BCUT2D eigenvalue weighted by molar-refractivity contribution is -0.119. The van der Waals surface area contributed by atoms with E-state index < -0.39 is 6.04 Å². The number of carbonyl (C=O) groups excluding carboxylic acids is 2. The molecule has 0 bridgehead atoms. The highest BCUT2D eigenvalue weighted by Gasteiger charge is 2.35. The molecule has 1 aliphatic heterocycles. The van der Waals surface area contributed by atoms with Gasteiger partial charge in [0.2, 0.25) is 5.91 Å². The minimum Gasteiger partial charge on any atom is -0.506 e. The van der Waals surface area contributed by atoms with E-state index in [0.29, 0.717) is 27.9 Å². The molecule has 2 amide bonds. The molecule has 1 aliphatic rings. The first-order chi connectivity index (χ1) is 11.5. The lowest BCUT2D eigenvalue weighted by Crippen LogP contribution is -2.42. The summed E-state index contributed by atoms with van der Waals surface area (Å²) in [4.78, 5) is 27.2. The number of aryl methyl sites for hydroxylation is 1. The Labute approximate surface area is 148 Å². The van der Waals surface area contributed by atoms with E-state index in [2.05, 4.69) is 5.32 Å². The molecule has 1 saturated heterocycles. The van der Waals surface area contributed by atoms with Gasteiger partial charge in [0.05, 0.1) is 14.9 Å². The Kier molecular flexibility index (Phi) is 4.78. The van der Waals surface area contributed by atoms with Gasteiger partial charge in [-0.1, -0.05) is 17.7 Å². The van der Waals surface area contributed by atoms with E-state index in [0.717, 1.165) is 12.0 Å². The zero-order valence-electron chi connectivity index (χ0n) is 13.1. The van der Waals surface area contributed by atoms with Gasteiger partial charge >= 0.3 is 0 Å². The van der Waals surface area contributed by atoms with Crippen molar-refractivity contribution in [2.75, 3.05) is 11.9 Å². The average molecular weight is 365 g/mol. The van der Waals surface area contributed by atoms with Crippen molar-refractivity contribution in [2.24, 2.45) is 0 Å². The lowest BCUT2D eigenvalue weighted by atomic mass is 10.1. The zero-order valence-corrected chi connectivity index (χ0v) is 14.7. The van der Waals surface area contributed by atoms with E-state index in [1.54, 1.807) is 35.2 Å². The SMILES string of the molecule is Cc1ccc(NC(=O)[C@H]2CCCN2C(=O)c2ccc(Cl)s2)c(O)c1. The summed E-state index contributed by atoms with van der Waals surface area (Å²) < 4.78 is 0.545. The highest BCUT2D eigenvalue weighted by Crippen LogP contribution is 2.28. The van der Waals surface area contributed by atoms with Gasteiger partial charge in [-0.05, 0) is 49.6 Å². The number of amides is 2. The fraction of sp³-hybridized carbons (Fsp3) is 0.294. The number of rotatable bonds is 3. The second-order valence-electron chi connectivity index (χ2n) is 5.77. The number of benzene rings is 1. The lowest BCUT2D eigenvalue weighted by Gasteiger charge is -2.23. The summed E-state index contributed by atoms with van der Waals surface area (Å²) in [6, 6.07) is 7.85. The van der Waals surface area contributed by atoms with Gasteiger partial charge in [0.15, 0.2) is 0 Å². The summed E-state index contributed by atoms with van der Waals surface area (Å²) >= 11 is 7.10. The standard InChI is InChI=1S/C17H17ClN2O3S/c1-10-4-5-11(13(21)9-10)19-16(22)12-3-2-8-20(12)17(23)14-6-7-15(18)24-14/h4-7,9,12,21H,2-3,8H2,1H3,(H,19,22)/t12-/m1/s1. The third-order valence-electron chi connectivity index (χ3n) is 4.01. The molecule has 24 heavy (non-hydrogen) atoms. The molecule has 7 heteroatoms. The Bertz CT molecular complexity index is 790. The number of aromatic hydroxyl groups is 1. The van der Waals surface area contributed by atoms with Crippen LogP contribution in [0.4, 0.5) is 5.69 Å². The van der Waals surface area contributed by atoms with Gasteiger partial charge in [0, 0.05) is 6.54 Å². The summed E-state index contributed by atoms with van der Waals surface area (Å²) in [5, 5.41) is 12.6. The fourth-order valence-corrected chi connectivity index (χ4v) is 3.82. The number of halogens is 1. The van der Waals surface area contributed by atoms with Crippen LogP contribution in [0, 0.1) is 6.92 Å². The summed E-state index contributed by atoms with van der Waals surface area (Å²) in [6.07, 6.45) is 1.37. The van der Waals surface area contributed by atoms with E-state index in [4.69, 9.17) is 11.6 Å². The van der Waals surface area contributed by atoms with E-state index in [-0.39, 0.29) is 17.6 Å². The number of phenolic OH excluding ortho intramolecular Hbond substituents is 1. The van der Waals surface area contributed by atoms with Crippen LogP contribution in [0.2, 0.25) is 4.34 Å². The molecule has 1 fully saturated rings. The Balaban J connectivity index is 1.75. The van der Waals surface area contributed by atoms with Gasteiger partial charge in [-0.15, -0.1) is 11.3 Å². The van der Waals surface area contributed by atoms with Crippen molar-refractivity contribution in [1.29, 1.82) is 0 Å². The molecule has 2 N–H and O–H groups in total. The minimum absolute atomic E-state index is 0.0178. The highest BCUT2D eigenvalue weighted by atomic mass is 35.5. The number of nitrogens with zero attached hydrogens (tertiary/aromatic N) is 1. The van der Waals surface area contributed by atoms with Crippen molar-refractivity contribution in [3.63, 3.8) is 0 Å². The van der Waals surface area contributed by atoms with Crippen LogP contribution in [0.15, 0.2) is 30.3 Å². The van der Waals surface area contributed by atoms with E-state index >= 15 is 0 Å². The van der Waals surface area contributed by atoms with Crippen molar-refractivity contribution < 1.29 is 14.7 Å². The Morgan fingerprint density at radius 2 is 2.12 bits per heavy atom. The van der Waals surface area contributed by atoms with Crippen LogP contribution in [0.3, 0.4) is 0 Å². The summed E-state index contributed by atoms with van der Waals surface area (Å²) in [5.41, 5.74) is 1.25. The van der Waals surface area contributed by atoms with Crippen LogP contribution in [-0.4, -0.2) is 34.4 Å². The molecular formula is C17H17ClN2O3S. The van der Waals surface area contributed by atoms with Crippen molar-refractivity contribution >= 4 is 40.4 Å². The van der Waals surface area contributed by atoms with Crippen LogP contribution < -0.4 is 5.32 Å². The molecule has 0 spiro atoms. The first-order valence-corrected chi connectivity index (χ1v) is 8.82. The van der Waals surface area contributed by atoms with Gasteiger partial charge in [-0.2, -0.15) is 0 Å². The summed E-state index contributed by atoms with van der Waals surface area (Å²) in [7, 11) is 0. The van der Waals surface area contributed by atoms with Crippen LogP contribution in [0.25, 0.3) is 0 Å². The fourth-order valence-electron chi connectivity index (χ4n) is 2.82. The van der Waals surface area contributed by atoms with E-state index in [9.17, 15) is 14.7 Å². The number of hydrogen-bond acceptors (Lipinski definition) is 4. The van der Waals surface area contributed by atoms with Crippen molar-refractivity contribution in [2.45, 2.75) is 25.8 Å². The van der Waals surface area contributed by atoms with E-state index in [1.807, 2.05) is 6.92 Å². The molecule has 1 atom stereocenters. The summed E-state index contributed by atoms with van der Waals surface area (Å²) in [5.74, 6) is -0.454. The van der Waals surface area contributed by atoms with Crippen LogP contribution in [0.1, 0.15) is 28.1 Å². The summed E-state index contributed by atoms with van der Waals surface area (Å²) in [6.45, 7) is 2.39. The molecule has 1 aromatic carbocycles. The van der Waals surface area contributed by atoms with Crippen molar-refractivity contribution in [1.82, 2.24) is 4.90 Å².